The lowest BCUT2D eigenvalue weighted by Crippen LogP contribution is -2.36. The third-order valence-corrected chi connectivity index (χ3v) is 7.07. The fraction of sp³-hybridized carbons (Fsp3) is 0.714. The van der Waals surface area contributed by atoms with Gasteiger partial charge in [0.2, 0.25) is 0 Å². The van der Waals surface area contributed by atoms with Crippen LogP contribution in [0.3, 0.4) is 0 Å². The van der Waals surface area contributed by atoms with Gasteiger partial charge in [-0.15, -0.1) is 11.3 Å². The Morgan fingerprint density at radius 3 is 2.26 bits per heavy atom. The normalized spacial score (nSPS) is 13.5. The van der Waals surface area contributed by atoms with Crippen LogP contribution in [0.2, 0.25) is 0 Å². The summed E-state index contributed by atoms with van der Waals surface area (Å²) in [6, 6.07) is 2.53. The fourth-order valence-corrected chi connectivity index (χ4v) is 4.57. The molecule has 0 saturated heterocycles. The van der Waals surface area contributed by atoms with Crippen LogP contribution in [0.4, 0.5) is 0 Å². The summed E-state index contributed by atoms with van der Waals surface area (Å²) in [5.74, 6) is 0.765. The van der Waals surface area contributed by atoms with Crippen LogP contribution in [-0.4, -0.2) is 24.5 Å². The lowest BCUT2D eigenvalue weighted by Gasteiger charge is -2.32. The van der Waals surface area contributed by atoms with E-state index in [9.17, 15) is 0 Å². The van der Waals surface area contributed by atoms with Crippen molar-refractivity contribution in [2.45, 2.75) is 39.7 Å². The molecule has 1 atom stereocenters. The molecule has 1 rings (SSSR count). The van der Waals surface area contributed by atoms with Gasteiger partial charge in [-0.3, -0.25) is 4.90 Å². The van der Waals surface area contributed by atoms with Crippen molar-refractivity contribution in [3.05, 3.63) is 19.2 Å². The summed E-state index contributed by atoms with van der Waals surface area (Å²) in [7, 11) is 0. The van der Waals surface area contributed by atoms with E-state index in [0.717, 1.165) is 27.3 Å². The van der Waals surface area contributed by atoms with Crippen molar-refractivity contribution in [3.63, 3.8) is 0 Å². The maximum Gasteiger partial charge on any atom is 0.0843 e. The first-order valence-electron chi connectivity index (χ1n) is 6.96. The summed E-state index contributed by atoms with van der Waals surface area (Å²) in [4.78, 5) is 3.86. The van der Waals surface area contributed by atoms with Crippen LogP contribution in [0.25, 0.3) is 0 Å². The maximum absolute atomic E-state index is 6.03. The van der Waals surface area contributed by atoms with Gasteiger partial charge in [0.05, 0.1) is 9.83 Å². The van der Waals surface area contributed by atoms with Crippen molar-refractivity contribution >= 4 is 43.2 Å². The van der Waals surface area contributed by atoms with Gasteiger partial charge in [-0.2, -0.15) is 0 Å². The number of nitrogens with two attached hydrogens (primary N) is 1. The minimum Gasteiger partial charge on any atom is -0.329 e. The summed E-state index contributed by atoms with van der Waals surface area (Å²) in [5, 5.41) is 0. The summed E-state index contributed by atoms with van der Waals surface area (Å²) in [5.41, 5.74) is 6.03. The molecule has 0 spiro atoms. The lowest BCUT2D eigenvalue weighted by molar-refractivity contribution is 0.176. The van der Waals surface area contributed by atoms with E-state index in [1.54, 1.807) is 11.3 Å². The minimum absolute atomic E-state index is 0.332. The van der Waals surface area contributed by atoms with E-state index in [0.29, 0.717) is 12.6 Å². The average Bonchev–Trinajstić information content (AvgIpc) is 2.74. The van der Waals surface area contributed by atoms with Gasteiger partial charge in [0.25, 0.3) is 0 Å². The largest absolute Gasteiger partial charge is 0.329 e. The first kappa shape index (κ1) is 17.6. The lowest BCUT2D eigenvalue weighted by atomic mass is 10.0. The number of rotatable bonds is 8. The van der Waals surface area contributed by atoms with Crippen LogP contribution in [0, 0.1) is 5.92 Å². The highest BCUT2D eigenvalue weighted by atomic mass is 79.9. The van der Waals surface area contributed by atoms with Gasteiger partial charge in [0.1, 0.15) is 0 Å². The molecule has 2 nitrogen and oxygen atoms in total. The van der Waals surface area contributed by atoms with Crippen LogP contribution < -0.4 is 5.73 Å². The van der Waals surface area contributed by atoms with Crippen molar-refractivity contribution in [1.82, 2.24) is 4.90 Å². The zero-order valence-corrected chi connectivity index (χ0v) is 15.9. The summed E-state index contributed by atoms with van der Waals surface area (Å²) in [6.07, 6.45) is 2.48. The van der Waals surface area contributed by atoms with Crippen molar-refractivity contribution in [2.24, 2.45) is 11.7 Å². The van der Waals surface area contributed by atoms with E-state index in [2.05, 4.69) is 63.6 Å². The molecule has 0 saturated carbocycles. The highest BCUT2D eigenvalue weighted by molar-refractivity contribution is 9.13. The number of likely N-dealkylation sites (N-methyl/N-ethyl adjacent to an activating group) is 1. The summed E-state index contributed by atoms with van der Waals surface area (Å²) < 4.78 is 2.28. The number of thiophene rings is 1. The van der Waals surface area contributed by atoms with Crippen molar-refractivity contribution in [2.75, 3.05) is 19.6 Å². The molecule has 0 amide bonds. The average molecular weight is 412 g/mol. The van der Waals surface area contributed by atoms with E-state index < -0.39 is 0 Å². The third kappa shape index (κ3) is 4.81. The van der Waals surface area contributed by atoms with Crippen LogP contribution in [0.1, 0.15) is 44.5 Å². The van der Waals surface area contributed by atoms with Gasteiger partial charge in [-0.05, 0) is 50.4 Å². The second kappa shape index (κ2) is 8.78. The molecule has 0 aliphatic rings. The molecule has 110 valence electrons. The number of halogens is 2. The monoisotopic (exact) mass is 410 g/mol. The van der Waals surface area contributed by atoms with Crippen molar-refractivity contribution in [1.29, 1.82) is 0 Å². The number of hydrogen-bond donors (Lipinski definition) is 1. The summed E-state index contributed by atoms with van der Waals surface area (Å²) >= 11 is 8.92. The van der Waals surface area contributed by atoms with Gasteiger partial charge in [-0.1, -0.05) is 33.6 Å². The zero-order chi connectivity index (χ0) is 14.4. The smallest absolute Gasteiger partial charge is 0.0843 e. The molecule has 0 aliphatic heterocycles. The fourth-order valence-electron chi connectivity index (χ4n) is 2.33. The van der Waals surface area contributed by atoms with E-state index in [1.807, 2.05) is 0 Å². The molecule has 0 fully saturated rings. The molecule has 1 heterocycles. The predicted molar refractivity (Wildman–Crippen MR) is 92.8 cm³/mol. The van der Waals surface area contributed by atoms with E-state index >= 15 is 0 Å². The van der Waals surface area contributed by atoms with Gasteiger partial charge in [0, 0.05) is 22.4 Å². The quantitative estimate of drug-likeness (QED) is 0.649. The van der Waals surface area contributed by atoms with E-state index in [1.165, 1.54) is 17.7 Å². The number of hydrogen-bond acceptors (Lipinski definition) is 3. The molecule has 1 aromatic heterocycles. The highest BCUT2D eigenvalue weighted by Crippen LogP contribution is 2.37. The second-order valence-electron chi connectivity index (χ2n) is 4.79. The highest BCUT2D eigenvalue weighted by Gasteiger charge is 2.22. The Hall–Kier alpha value is 0.580. The molecule has 0 aliphatic carbocycles. The van der Waals surface area contributed by atoms with Crippen molar-refractivity contribution < 1.29 is 0 Å². The molecule has 2 N–H and O–H groups in total. The SMILES string of the molecule is CCC(CC)CN(CC)C(CN)c1cc(Br)c(Br)s1. The van der Waals surface area contributed by atoms with Crippen LogP contribution in [-0.2, 0) is 0 Å². The Morgan fingerprint density at radius 2 is 1.89 bits per heavy atom. The van der Waals surface area contributed by atoms with Gasteiger partial charge < -0.3 is 5.73 Å². The van der Waals surface area contributed by atoms with E-state index in [-0.39, 0.29) is 0 Å². The van der Waals surface area contributed by atoms with Crippen LogP contribution in [0.15, 0.2) is 14.3 Å². The molecule has 0 aromatic carbocycles. The maximum atomic E-state index is 6.03. The minimum atomic E-state index is 0.332. The molecule has 19 heavy (non-hydrogen) atoms. The molecule has 1 aromatic rings. The van der Waals surface area contributed by atoms with E-state index in [4.69, 9.17) is 5.73 Å². The Balaban J connectivity index is 2.86. The molecule has 0 bridgehead atoms. The molecule has 5 heteroatoms. The predicted octanol–water partition coefficient (Wildman–Crippen LogP) is 5.03. The topological polar surface area (TPSA) is 29.3 Å². The Morgan fingerprint density at radius 1 is 1.26 bits per heavy atom. The first-order valence-corrected chi connectivity index (χ1v) is 9.36. The first-order chi connectivity index (χ1) is 9.07. The Kier molecular flexibility index (Phi) is 8.14. The molecular weight excluding hydrogens is 388 g/mol. The Labute approximate surface area is 138 Å². The van der Waals surface area contributed by atoms with Gasteiger partial charge >= 0.3 is 0 Å². The third-order valence-electron chi connectivity index (χ3n) is 3.71. The zero-order valence-electron chi connectivity index (χ0n) is 12.0. The van der Waals surface area contributed by atoms with Crippen molar-refractivity contribution in [3.8, 4) is 0 Å². The van der Waals surface area contributed by atoms with Crippen LogP contribution in [0.5, 0.6) is 0 Å². The second-order valence-corrected chi connectivity index (χ2v) is 8.05. The Bertz CT molecular complexity index is 358. The van der Waals surface area contributed by atoms with Gasteiger partial charge in [0.15, 0.2) is 0 Å². The number of nitrogens with zero attached hydrogens (tertiary/aromatic N) is 1. The van der Waals surface area contributed by atoms with Crippen LogP contribution >= 0.6 is 43.2 Å². The molecule has 0 radical (unpaired) electrons. The summed E-state index contributed by atoms with van der Waals surface area (Å²) in [6.45, 7) is 9.63. The van der Waals surface area contributed by atoms with Gasteiger partial charge in [-0.25, -0.2) is 0 Å². The molecular formula is C14H24Br2N2S. The standard InChI is InChI=1S/C14H24Br2N2S/c1-4-10(5-2)9-18(6-3)12(8-17)13-7-11(15)14(16)19-13/h7,10,12H,4-6,8-9,17H2,1-3H3. The molecule has 1 unspecified atom stereocenters.